The van der Waals surface area contributed by atoms with E-state index in [0.29, 0.717) is 16.9 Å². The number of nitrogens with one attached hydrogen (secondary N) is 1. The first-order chi connectivity index (χ1) is 18.9. The summed E-state index contributed by atoms with van der Waals surface area (Å²) in [6.45, 7) is 4.81. The van der Waals surface area contributed by atoms with E-state index in [1.54, 1.807) is 32.0 Å². The Morgan fingerprint density at radius 1 is 0.925 bits per heavy atom. The summed E-state index contributed by atoms with van der Waals surface area (Å²) in [7, 11) is -4.47. The van der Waals surface area contributed by atoms with Gasteiger partial charge in [-0.3, -0.25) is 13.9 Å². The third kappa shape index (κ3) is 7.20. The number of sulfonamides is 1. The summed E-state index contributed by atoms with van der Waals surface area (Å²) < 4.78 is 68.8. The number of hydrogen-bond acceptors (Lipinski definition) is 4. The summed E-state index contributed by atoms with van der Waals surface area (Å²) in [5, 5.41) is 2.71. The van der Waals surface area contributed by atoms with Crippen LogP contribution in [0.5, 0.6) is 0 Å². The van der Waals surface area contributed by atoms with E-state index in [0.717, 1.165) is 23.3 Å². The zero-order valence-corrected chi connectivity index (χ0v) is 23.3. The molecule has 214 valence electrons. The van der Waals surface area contributed by atoms with Crippen molar-refractivity contribution in [2.75, 3.05) is 17.4 Å². The third-order valence-electron chi connectivity index (χ3n) is 6.41. The molecule has 1 N–H and O–H groups in total. The van der Waals surface area contributed by atoms with Gasteiger partial charge in [0.2, 0.25) is 11.8 Å². The molecule has 0 aliphatic rings. The van der Waals surface area contributed by atoms with E-state index < -0.39 is 46.2 Å². The van der Waals surface area contributed by atoms with Crippen LogP contribution in [-0.2, 0) is 32.3 Å². The van der Waals surface area contributed by atoms with Gasteiger partial charge in [-0.1, -0.05) is 55.5 Å². The van der Waals surface area contributed by atoms with Crippen LogP contribution in [0, 0.1) is 6.92 Å². The fourth-order valence-corrected chi connectivity index (χ4v) is 5.70. The third-order valence-corrected chi connectivity index (χ3v) is 8.20. The van der Waals surface area contributed by atoms with E-state index >= 15 is 0 Å². The Labute approximate surface area is 232 Å². The van der Waals surface area contributed by atoms with Gasteiger partial charge in [0.1, 0.15) is 12.6 Å². The molecule has 0 saturated carbocycles. The smallest absolute Gasteiger partial charge is 0.355 e. The average molecular weight is 576 g/mol. The Bertz CT molecular complexity index is 1430. The second-order valence-corrected chi connectivity index (χ2v) is 11.0. The number of amides is 2. The molecule has 1 atom stereocenters. The molecule has 0 bridgehead atoms. The van der Waals surface area contributed by atoms with Crippen LogP contribution in [0.1, 0.15) is 37.0 Å². The predicted molar refractivity (Wildman–Crippen MR) is 147 cm³/mol. The summed E-state index contributed by atoms with van der Waals surface area (Å²) in [6.07, 6.45) is -4.50. The van der Waals surface area contributed by atoms with Crippen molar-refractivity contribution in [1.29, 1.82) is 0 Å². The van der Waals surface area contributed by atoms with Crippen LogP contribution >= 0.6 is 0 Å². The van der Waals surface area contributed by atoms with Gasteiger partial charge < -0.3 is 10.2 Å². The Balaban J connectivity index is 2.12. The first-order valence-corrected chi connectivity index (χ1v) is 14.2. The van der Waals surface area contributed by atoms with Gasteiger partial charge in [-0.05, 0) is 61.7 Å². The van der Waals surface area contributed by atoms with Crippen molar-refractivity contribution >= 4 is 27.5 Å². The van der Waals surface area contributed by atoms with Crippen molar-refractivity contribution in [1.82, 2.24) is 10.2 Å². The second kappa shape index (κ2) is 13.0. The van der Waals surface area contributed by atoms with Gasteiger partial charge >= 0.3 is 6.18 Å². The summed E-state index contributed by atoms with van der Waals surface area (Å²) in [5.74, 6) is -1.15. The quantitative estimate of drug-likeness (QED) is 0.343. The van der Waals surface area contributed by atoms with Crippen LogP contribution in [-0.4, -0.2) is 44.3 Å². The Morgan fingerprint density at radius 3 is 2.17 bits per heavy atom. The van der Waals surface area contributed by atoms with Gasteiger partial charge in [-0.25, -0.2) is 8.42 Å². The molecule has 3 aromatic rings. The lowest BCUT2D eigenvalue weighted by atomic mass is 10.1. The highest BCUT2D eigenvalue weighted by Crippen LogP contribution is 2.33. The van der Waals surface area contributed by atoms with Crippen LogP contribution in [0.4, 0.5) is 18.9 Å². The maximum Gasteiger partial charge on any atom is 0.416 e. The number of halogens is 3. The number of alkyl halides is 3. The van der Waals surface area contributed by atoms with Gasteiger partial charge in [-0.15, -0.1) is 0 Å². The van der Waals surface area contributed by atoms with Gasteiger partial charge in [0, 0.05) is 13.1 Å². The maximum absolute atomic E-state index is 13.9. The largest absolute Gasteiger partial charge is 0.416 e. The van der Waals surface area contributed by atoms with Crippen LogP contribution in [0.25, 0.3) is 0 Å². The van der Waals surface area contributed by atoms with E-state index in [2.05, 4.69) is 5.32 Å². The summed E-state index contributed by atoms with van der Waals surface area (Å²) in [4.78, 5) is 28.0. The fraction of sp³-hybridized carbons (Fsp3) is 0.310. The van der Waals surface area contributed by atoms with E-state index in [9.17, 15) is 31.2 Å². The molecule has 0 spiro atoms. The van der Waals surface area contributed by atoms with E-state index in [-0.39, 0.29) is 23.5 Å². The molecule has 0 heterocycles. The number of aryl methyl sites for hydroxylation is 1. The molecule has 3 aromatic carbocycles. The molecule has 0 fully saturated rings. The van der Waals surface area contributed by atoms with E-state index in [1.807, 2.05) is 19.1 Å². The minimum Gasteiger partial charge on any atom is -0.355 e. The van der Waals surface area contributed by atoms with Gasteiger partial charge in [0.15, 0.2) is 0 Å². The first kappa shape index (κ1) is 30.7. The molecule has 11 heteroatoms. The van der Waals surface area contributed by atoms with Gasteiger partial charge in [0.05, 0.1) is 16.1 Å². The van der Waals surface area contributed by atoms with Crippen LogP contribution in [0.3, 0.4) is 0 Å². The first-order valence-electron chi connectivity index (χ1n) is 12.8. The Hall–Kier alpha value is -3.86. The SMILES string of the molecule is CCNC(=O)C(CC)N(Cc1ccccc1C)C(=O)CN(c1cccc(C(F)(F)F)c1)S(=O)(=O)c1ccccc1. The maximum atomic E-state index is 13.9. The minimum absolute atomic E-state index is 0.00294. The highest BCUT2D eigenvalue weighted by molar-refractivity contribution is 7.92. The molecule has 0 radical (unpaired) electrons. The molecule has 0 aliphatic heterocycles. The number of likely N-dealkylation sites (N-methyl/N-ethyl adjacent to an activating group) is 1. The van der Waals surface area contributed by atoms with E-state index in [1.165, 1.54) is 35.2 Å². The summed E-state index contributed by atoms with van der Waals surface area (Å²) >= 11 is 0. The Morgan fingerprint density at radius 2 is 1.57 bits per heavy atom. The highest BCUT2D eigenvalue weighted by atomic mass is 32.2. The number of rotatable bonds is 11. The monoisotopic (exact) mass is 575 g/mol. The molecule has 2 amide bonds. The van der Waals surface area contributed by atoms with E-state index in [4.69, 9.17) is 0 Å². The Kier molecular flexibility index (Phi) is 9.97. The number of anilines is 1. The molecule has 0 saturated heterocycles. The zero-order valence-electron chi connectivity index (χ0n) is 22.5. The average Bonchev–Trinajstić information content (AvgIpc) is 2.92. The van der Waals surface area contributed by atoms with Crippen molar-refractivity contribution in [3.63, 3.8) is 0 Å². The summed E-state index contributed by atoms with van der Waals surface area (Å²) in [6, 6.07) is 17.3. The molecule has 1 unspecified atom stereocenters. The van der Waals surface area contributed by atoms with Crippen molar-refractivity contribution in [2.45, 2.75) is 50.9 Å². The molecule has 7 nitrogen and oxygen atoms in total. The standard InChI is InChI=1S/C29H32F3N3O4S/c1-4-26(28(37)33-5-2)34(19-22-13-10-9-12-21(22)3)27(36)20-35(40(38,39)25-16-7-6-8-17-25)24-15-11-14-23(18-24)29(30,31)32/h6-18,26H,4-5,19-20H2,1-3H3,(H,33,37). The molecule has 40 heavy (non-hydrogen) atoms. The van der Waals surface area contributed by atoms with Gasteiger partial charge in [0.25, 0.3) is 10.0 Å². The lowest BCUT2D eigenvalue weighted by Crippen LogP contribution is -2.52. The number of nitrogens with zero attached hydrogens (tertiary/aromatic N) is 2. The molecular weight excluding hydrogens is 543 g/mol. The fourth-order valence-electron chi connectivity index (χ4n) is 4.27. The normalized spacial score (nSPS) is 12.4. The van der Waals surface area contributed by atoms with Crippen molar-refractivity contribution in [3.05, 3.63) is 95.6 Å². The highest BCUT2D eigenvalue weighted by Gasteiger charge is 2.35. The van der Waals surface area contributed by atoms with Crippen LogP contribution < -0.4 is 9.62 Å². The van der Waals surface area contributed by atoms with Gasteiger partial charge in [-0.2, -0.15) is 13.2 Å². The van der Waals surface area contributed by atoms with Crippen LogP contribution in [0.15, 0.2) is 83.8 Å². The number of benzene rings is 3. The van der Waals surface area contributed by atoms with Crippen molar-refractivity contribution < 1.29 is 31.2 Å². The predicted octanol–water partition coefficient (Wildman–Crippen LogP) is 5.15. The lowest BCUT2D eigenvalue weighted by Gasteiger charge is -2.33. The minimum atomic E-state index is -4.73. The number of carbonyl (C=O) groups excluding carboxylic acids is 2. The van der Waals surface area contributed by atoms with Crippen molar-refractivity contribution in [2.24, 2.45) is 0 Å². The number of carbonyl (C=O) groups is 2. The lowest BCUT2D eigenvalue weighted by molar-refractivity contribution is -0.140. The zero-order chi connectivity index (χ0) is 29.5. The van der Waals surface area contributed by atoms with Crippen molar-refractivity contribution in [3.8, 4) is 0 Å². The molecule has 3 rings (SSSR count). The van der Waals surface area contributed by atoms with Crippen LogP contribution in [0.2, 0.25) is 0 Å². The topological polar surface area (TPSA) is 86.8 Å². The molecule has 0 aromatic heterocycles. The summed E-state index contributed by atoms with van der Waals surface area (Å²) in [5.41, 5.74) is 0.220. The molecular formula is C29H32F3N3O4S. The number of hydrogen-bond donors (Lipinski definition) is 1. The second-order valence-electron chi connectivity index (χ2n) is 9.14. The molecule has 0 aliphatic carbocycles.